The van der Waals surface area contributed by atoms with Crippen LogP contribution in [-0.4, -0.2) is 43.3 Å². The lowest BCUT2D eigenvalue weighted by Gasteiger charge is -2.20. The number of hydrogen-bond donors (Lipinski definition) is 0. The van der Waals surface area contributed by atoms with Crippen molar-refractivity contribution in [2.45, 2.75) is 25.5 Å². The number of halogens is 1. The molecule has 20 heavy (non-hydrogen) atoms. The van der Waals surface area contributed by atoms with Crippen LogP contribution in [0.3, 0.4) is 0 Å². The van der Waals surface area contributed by atoms with E-state index >= 15 is 0 Å². The van der Waals surface area contributed by atoms with Crippen LogP contribution in [0.5, 0.6) is 0 Å². The van der Waals surface area contributed by atoms with Crippen LogP contribution in [0.25, 0.3) is 0 Å². The van der Waals surface area contributed by atoms with Gasteiger partial charge in [0.15, 0.2) is 9.84 Å². The molecule has 0 N–H and O–H groups in total. The van der Waals surface area contributed by atoms with Crippen molar-refractivity contribution < 1.29 is 13.2 Å². The van der Waals surface area contributed by atoms with Gasteiger partial charge in [0.05, 0.1) is 21.6 Å². The Labute approximate surface area is 124 Å². The summed E-state index contributed by atoms with van der Waals surface area (Å²) in [6.07, 6.45) is 0.470. The van der Waals surface area contributed by atoms with Gasteiger partial charge in [-0.3, -0.25) is 4.79 Å². The van der Waals surface area contributed by atoms with Crippen molar-refractivity contribution in [1.82, 2.24) is 4.90 Å². The van der Waals surface area contributed by atoms with Crippen molar-refractivity contribution >= 4 is 27.3 Å². The first kappa shape index (κ1) is 15.3. The lowest BCUT2D eigenvalue weighted by atomic mass is 10.1. The minimum absolute atomic E-state index is 0.0172. The minimum Gasteiger partial charge on any atom is -0.338 e. The lowest BCUT2D eigenvalue weighted by molar-refractivity contribution is 0.0767. The van der Waals surface area contributed by atoms with Crippen molar-refractivity contribution in [3.8, 4) is 0 Å². The standard InChI is InChI=1S/C14H18ClNO3S/c1-10-3-4-12(13(15)9-10)14(17)16-6-5-11(2)20(18,19)8-7-16/h3-4,9,11H,5-8H2,1-2H3/t11-/m0/s1. The molecule has 0 aromatic heterocycles. The quantitative estimate of drug-likeness (QED) is 0.799. The summed E-state index contributed by atoms with van der Waals surface area (Å²) in [5, 5.41) is 0.0175. The summed E-state index contributed by atoms with van der Waals surface area (Å²) in [7, 11) is -3.09. The molecule has 2 rings (SSSR count). The highest BCUT2D eigenvalue weighted by molar-refractivity contribution is 7.92. The summed E-state index contributed by atoms with van der Waals surface area (Å²) >= 11 is 6.10. The number of carbonyl (C=O) groups excluding carboxylic acids is 1. The van der Waals surface area contributed by atoms with Gasteiger partial charge in [-0.1, -0.05) is 17.7 Å². The molecule has 1 aromatic carbocycles. The summed E-state index contributed by atoms with van der Waals surface area (Å²) in [5.74, 6) is -0.178. The first-order chi connectivity index (χ1) is 9.31. The van der Waals surface area contributed by atoms with Crippen molar-refractivity contribution in [3.63, 3.8) is 0 Å². The van der Waals surface area contributed by atoms with Crippen molar-refractivity contribution in [3.05, 3.63) is 34.3 Å². The lowest BCUT2D eigenvalue weighted by Crippen LogP contribution is -2.33. The van der Waals surface area contributed by atoms with E-state index in [0.717, 1.165) is 5.56 Å². The number of nitrogens with zero attached hydrogens (tertiary/aromatic N) is 1. The van der Waals surface area contributed by atoms with Gasteiger partial charge in [0.2, 0.25) is 0 Å². The number of benzene rings is 1. The molecule has 4 nitrogen and oxygen atoms in total. The Morgan fingerprint density at radius 1 is 1.35 bits per heavy atom. The number of rotatable bonds is 1. The molecule has 0 saturated carbocycles. The fraction of sp³-hybridized carbons (Fsp3) is 0.500. The summed E-state index contributed by atoms with van der Waals surface area (Å²) in [4.78, 5) is 14.0. The van der Waals surface area contributed by atoms with Crippen molar-refractivity contribution in [2.24, 2.45) is 0 Å². The molecule has 1 fully saturated rings. The van der Waals surface area contributed by atoms with Gasteiger partial charge in [-0.15, -0.1) is 0 Å². The maximum atomic E-state index is 12.4. The Hall–Kier alpha value is -1.07. The Morgan fingerprint density at radius 3 is 2.70 bits per heavy atom. The average Bonchev–Trinajstić information content (AvgIpc) is 2.49. The number of amides is 1. The summed E-state index contributed by atoms with van der Waals surface area (Å²) in [6.45, 7) is 4.28. The SMILES string of the molecule is Cc1ccc(C(=O)N2CC[C@H](C)S(=O)(=O)CC2)c(Cl)c1. The van der Waals surface area contributed by atoms with Crippen molar-refractivity contribution in [2.75, 3.05) is 18.8 Å². The van der Waals surface area contributed by atoms with E-state index < -0.39 is 15.1 Å². The van der Waals surface area contributed by atoms with Gasteiger partial charge in [0.25, 0.3) is 5.91 Å². The predicted octanol–water partition coefficient (Wildman–Crippen LogP) is 2.30. The third kappa shape index (κ3) is 3.15. The smallest absolute Gasteiger partial charge is 0.255 e. The number of aryl methyl sites for hydroxylation is 1. The zero-order valence-corrected chi connectivity index (χ0v) is 13.2. The summed E-state index contributed by atoms with van der Waals surface area (Å²) < 4.78 is 23.7. The van der Waals surface area contributed by atoms with Gasteiger partial charge < -0.3 is 4.90 Å². The Kier molecular flexibility index (Phi) is 4.39. The van der Waals surface area contributed by atoms with Gasteiger partial charge in [0, 0.05) is 13.1 Å². The topological polar surface area (TPSA) is 54.5 Å². The van der Waals surface area contributed by atoms with Gasteiger partial charge in [-0.05, 0) is 38.0 Å². The first-order valence-electron chi connectivity index (χ1n) is 6.58. The average molecular weight is 316 g/mol. The van der Waals surface area contributed by atoms with E-state index in [1.807, 2.05) is 13.0 Å². The van der Waals surface area contributed by atoms with Crippen molar-refractivity contribution in [1.29, 1.82) is 0 Å². The van der Waals surface area contributed by atoms with E-state index in [9.17, 15) is 13.2 Å². The molecule has 0 radical (unpaired) electrons. The van der Waals surface area contributed by atoms with E-state index in [1.165, 1.54) is 0 Å². The second kappa shape index (κ2) is 5.74. The van der Waals surface area contributed by atoms with Crippen LogP contribution in [0.15, 0.2) is 18.2 Å². The molecule has 1 heterocycles. The van der Waals surface area contributed by atoms with E-state index in [1.54, 1.807) is 24.0 Å². The highest BCUT2D eigenvalue weighted by Gasteiger charge is 2.29. The summed E-state index contributed by atoms with van der Waals surface area (Å²) in [6, 6.07) is 5.27. The fourth-order valence-electron chi connectivity index (χ4n) is 2.23. The molecule has 1 atom stereocenters. The molecule has 1 aromatic rings. The Morgan fingerprint density at radius 2 is 2.05 bits per heavy atom. The van der Waals surface area contributed by atoms with Crippen LogP contribution in [0.4, 0.5) is 0 Å². The number of sulfone groups is 1. The predicted molar refractivity (Wildman–Crippen MR) is 80.0 cm³/mol. The first-order valence-corrected chi connectivity index (χ1v) is 8.67. The fourth-order valence-corrected chi connectivity index (χ4v) is 3.89. The highest BCUT2D eigenvalue weighted by Crippen LogP contribution is 2.21. The van der Waals surface area contributed by atoms with Crippen LogP contribution < -0.4 is 0 Å². The Balaban J connectivity index is 2.21. The maximum Gasteiger partial charge on any atom is 0.255 e. The molecule has 0 aliphatic carbocycles. The highest BCUT2D eigenvalue weighted by atomic mass is 35.5. The molecule has 0 unspecified atom stereocenters. The van der Waals surface area contributed by atoms with E-state index in [2.05, 4.69) is 0 Å². The Bertz CT molecular complexity index is 627. The molecular weight excluding hydrogens is 298 g/mol. The molecule has 1 saturated heterocycles. The van der Waals surface area contributed by atoms with Gasteiger partial charge >= 0.3 is 0 Å². The normalized spacial score (nSPS) is 22.4. The largest absolute Gasteiger partial charge is 0.338 e. The minimum atomic E-state index is -3.09. The molecule has 1 aliphatic heterocycles. The molecule has 1 aliphatic rings. The molecule has 0 bridgehead atoms. The van der Waals surface area contributed by atoms with Crippen LogP contribution in [0, 0.1) is 6.92 Å². The molecule has 110 valence electrons. The van der Waals surface area contributed by atoms with Crippen LogP contribution >= 0.6 is 11.6 Å². The van der Waals surface area contributed by atoms with Crippen LogP contribution in [0.2, 0.25) is 5.02 Å². The third-order valence-corrected chi connectivity index (χ3v) is 6.23. The van der Waals surface area contributed by atoms with Gasteiger partial charge in [-0.2, -0.15) is 0 Å². The van der Waals surface area contributed by atoms with Crippen LogP contribution in [-0.2, 0) is 9.84 Å². The molecule has 6 heteroatoms. The van der Waals surface area contributed by atoms with Crippen LogP contribution in [0.1, 0.15) is 29.3 Å². The van der Waals surface area contributed by atoms with Gasteiger partial charge in [-0.25, -0.2) is 8.42 Å². The van der Waals surface area contributed by atoms with E-state index in [0.29, 0.717) is 23.6 Å². The number of carbonyl (C=O) groups is 1. The molecule has 1 amide bonds. The zero-order valence-electron chi connectivity index (χ0n) is 11.6. The second-order valence-corrected chi connectivity index (χ2v) is 8.19. The maximum absolute atomic E-state index is 12.4. The molecule has 0 spiro atoms. The monoisotopic (exact) mass is 315 g/mol. The summed E-state index contributed by atoms with van der Waals surface area (Å²) in [5.41, 5.74) is 1.42. The second-order valence-electron chi connectivity index (χ2n) is 5.24. The van der Waals surface area contributed by atoms with E-state index in [-0.39, 0.29) is 18.2 Å². The number of hydrogen-bond acceptors (Lipinski definition) is 3. The van der Waals surface area contributed by atoms with Gasteiger partial charge in [0.1, 0.15) is 0 Å². The third-order valence-electron chi connectivity index (χ3n) is 3.71. The van der Waals surface area contributed by atoms with E-state index in [4.69, 9.17) is 11.6 Å². The zero-order chi connectivity index (χ0) is 14.9. The molecular formula is C14H18ClNO3S.